The van der Waals surface area contributed by atoms with Crippen LogP contribution in [0.2, 0.25) is 0 Å². The molecule has 0 atom stereocenters. The number of hydrogen-bond donors (Lipinski definition) is 1. The van der Waals surface area contributed by atoms with Gasteiger partial charge in [-0.25, -0.2) is 14.2 Å². The molecule has 5 heteroatoms. The normalized spacial score (nSPS) is 10.6. The maximum atomic E-state index is 11.1. The molecule has 0 aliphatic carbocycles. The predicted octanol–water partition coefficient (Wildman–Crippen LogP) is -0.274. The Bertz CT molecular complexity index is 441. The van der Waals surface area contributed by atoms with E-state index in [4.69, 9.17) is 0 Å². The summed E-state index contributed by atoms with van der Waals surface area (Å²) >= 11 is 0. The van der Waals surface area contributed by atoms with Gasteiger partial charge in [0.25, 0.3) is 0 Å². The van der Waals surface area contributed by atoms with Crippen LogP contribution in [0.3, 0.4) is 0 Å². The number of nitrogens with one attached hydrogen (secondary N) is 1. The Labute approximate surface area is 61.7 Å². The van der Waals surface area contributed by atoms with Crippen LogP contribution >= 0.6 is 0 Å². The molecule has 0 saturated carbocycles. The fraction of sp³-hybridized carbons (Fsp3) is 0.167. The van der Waals surface area contributed by atoms with E-state index < -0.39 is 0 Å². The van der Waals surface area contributed by atoms with Crippen molar-refractivity contribution in [2.75, 3.05) is 0 Å². The van der Waals surface area contributed by atoms with Crippen molar-refractivity contribution < 1.29 is 0 Å². The Balaban J connectivity index is 3.02. The van der Waals surface area contributed by atoms with Gasteiger partial charge in [-0.2, -0.15) is 4.98 Å². The smallest absolute Gasteiger partial charge is 0.295 e. The van der Waals surface area contributed by atoms with Crippen LogP contribution in [0.1, 0.15) is 5.82 Å². The van der Waals surface area contributed by atoms with Gasteiger partial charge in [-0.05, 0) is 6.92 Å². The van der Waals surface area contributed by atoms with Crippen molar-refractivity contribution in [1.29, 1.82) is 0 Å². The van der Waals surface area contributed by atoms with Gasteiger partial charge in [0, 0.05) is 12.4 Å². The van der Waals surface area contributed by atoms with Crippen LogP contribution in [0.4, 0.5) is 0 Å². The van der Waals surface area contributed by atoms with Gasteiger partial charge in [0.2, 0.25) is 5.78 Å². The molecule has 2 rings (SSSR count). The van der Waals surface area contributed by atoms with Gasteiger partial charge in [0.15, 0.2) is 0 Å². The van der Waals surface area contributed by atoms with Crippen molar-refractivity contribution in [2.24, 2.45) is 0 Å². The lowest BCUT2D eigenvalue weighted by Gasteiger charge is -1.91. The Morgan fingerprint density at radius 3 is 3.27 bits per heavy atom. The minimum Gasteiger partial charge on any atom is -0.295 e. The highest BCUT2D eigenvalue weighted by Crippen LogP contribution is 1.89. The molecule has 2 aromatic heterocycles. The second-order valence-corrected chi connectivity index (χ2v) is 2.22. The van der Waals surface area contributed by atoms with E-state index in [0.29, 0.717) is 11.6 Å². The number of imidazole rings is 1. The number of H-pyrrole nitrogens is 1. The molecular formula is C6H6N4O. The maximum absolute atomic E-state index is 11.1. The van der Waals surface area contributed by atoms with Crippen LogP contribution in [0.15, 0.2) is 17.2 Å². The van der Waals surface area contributed by atoms with Crippen molar-refractivity contribution in [3.8, 4) is 0 Å². The highest BCUT2D eigenvalue weighted by Gasteiger charge is 1.98. The molecule has 0 radical (unpaired) electrons. The van der Waals surface area contributed by atoms with Crippen LogP contribution in [-0.2, 0) is 0 Å². The van der Waals surface area contributed by atoms with E-state index in [1.807, 2.05) is 0 Å². The van der Waals surface area contributed by atoms with Crippen LogP contribution in [0, 0.1) is 6.92 Å². The second kappa shape index (κ2) is 1.91. The van der Waals surface area contributed by atoms with E-state index in [2.05, 4.69) is 15.0 Å². The number of aromatic nitrogens is 4. The molecule has 2 heterocycles. The number of rotatable bonds is 0. The Kier molecular flexibility index (Phi) is 1.06. The summed E-state index contributed by atoms with van der Waals surface area (Å²) in [6, 6.07) is 0. The standard InChI is InChI=1S/C6H6N4O/c1-4-8-5-7-2-3-10(5)6(11)9-4/h2-3H,1H3,(H,7,8,9,11). The van der Waals surface area contributed by atoms with E-state index in [9.17, 15) is 4.79 Å². The molecule has 11 heavy (non-hydrogen) atoms. The zero-order chi connectivity index (χ0) is 7.84. The zero-order valence-electron chi connectivity index (χ0n) is 5.90. The molecule has 0 aromatic carbocycles. The molecule has 0 fully saturated rings. The first-order valence-corrected chi connectivity index (χ1v) is 3.17. The van der Waals surface area contributed by atoms with Crippen molar-refractivity contribution >= 4 is 5.78 Å². The van der Waals surface area contributed by atoms with Crippen LogP contribution in [0.25, 0.3) is 5.78 Å². The third-order valence-electron chi connectivity index (χ3n) is 1.40. The monoisotopic (exact) mass is 150 g/mol. The van der Waals surface area contributed by atoms with Gasteiger partial charge in [-0.1, -0.05) is 0 Å². The lowest BCUT2D eigenvalue weighted by atomic mass is 10.7. The molecule has 0 unspecified atom stereocenters. The molecule has 0 aliphatic heterocycles. The minimum absolute atomic E-state index is 0.204. The van der Waals surface area contributed by atoms with Crippen LogP contribution < -0.4 is 5.69 Å². The number of aryl methyl sites for hydroxylation is 1. The Hall–Kier alpha value is -1.65. The zero-order valence-corrected chi connectivity index (χ0v) is 5.90. The van der Waals surface area contributed by atoms with Crippen molar-refractivity contribution in [3.05, 3.63) is 28.7 Å². The van der Waals surface area contributed by atoms with Gasteiger partial charge in [0.1, 0.15) is 5.82 Å². The van der Waals surface area contributed by atoms with E-state index in [-0.39, 0.29) is 5.69 Å². The summed E-state index contributed by atoms with van der Waals surface area (Å²) in [6.07, 6.45) is 3.11. The third-order valence-corrected chi connectivity index (χ3v) is 1.40. The number of fused-ring (bicyclic) bond motifs is 1. The van der Waals surface area contributed by atoms with Crippen LogP contribution in [0.5, 0.6) is 0 Å². The first kappa shape index (κ1) is 6.09. The molecule has 0 bridgehead atoms. The number of nitrogens with zero attached hydrogens (tertiary/aromatic N) is 3. The Morgan fingerprint density at radius 2 is 2.45 bits per heavy atom. The summed E-state index contributed by atoms with van der Waals surface area (Å²) in [5.41, 5.74) is -0.204. The van der Waals surface area contributed by atoms with Gasteiger partial charge in [-0.3, -0.25) is 4.98 Å². The van der Waals surface area contributed by atoms with E-state index >= 15 is 0 Å². The lowest BCUT2D eigenvalue weighted by molar-refractivity contribution is 0.902. The lowest BCUT2D eigenvalue weighted by Crippen LogP contribution is -2.17. The number of hydrogen-bond acceptors (Lipinski definition) is 3. The summed E-state index contributed by atoms with van der Waals surface area (Å²) in [5.74, 6) is 1.01. The average molecular weight is 150 g/mol. The van der Waals surface area contributed by atoms with Gasteiger partial charge in [0.05, 0.1) is 0 Å². The minimum atomic E-state index is -0.204. The molecule has 5 nitrogen and oxygen atoms in total. The topological polar surface area (TPSA) is 63.1 Å². The largest absolute Gasteiger partial charge is 0.333 e. The predicted molar refractivity (Wildman–Crippen MR) is 38.3 cm³/mol. The van der Waals surface area contributed by atoms with Crippen LogP contribution in [-0.4, -0.2) is 19.4 Å². The summed E-state index contributed by atoms with van der Waals surface area (Å²) in [6.45, 7) is 1.72. The first-order chi connectivity index (χ1) is 5.27. The summed E-state index contributed by atoms with van der Waals surface area (Å²) in [5, 5.41) is 0. The quantitative estimate of drug-likeness (QED) is 0.562. The number of aromatic amines is 1. The highest BCUT2D eigenvalue weighted by molar-refractivity contribution is 5.25. The molecular weight excluding hydrogens is 144 g/mol. The fourth-order valence-corrected chi connectivity index (χ4v) is 0.930. The van der Waals surface area contributed by atoms with Crippen molar-refractivity contribution in [3.63, 3.8) is 0 Å². The third kappa shape index (κ3) is 0.813. The molecule has 1 N–H and O–H groups in total. The SMILES string of the molecule is Cc1nc2nccn2c(=O)[nH]1. The molecule has 2 aromatic rings. The Morgan fingerprint density at radius 1 is 1.64 bits per heavy atom. The highest BCUT2D eigenvalue weighted by atomic mass is 16.1. The first-order valence-electron chi connectivity index (χ1n) is 3.17. The van der Waals surface area contributed by atoms with Gasteiger partial charge >= 0.3 is 5.69 Å². The van der Waals surface area contributed by atoms with E-state index in [1.54, 1.807) is 13.1 Å². The molecule has 0 aliphatic rings. The molecule has 0 amide bonds. The van der Waals surface area contributed by atoms with Crippen molar-refractivity contribution in [1.82, 2.24) is 19.4 Å². The summed E-state index contributed by atoms with van der Waals surface area (Å²) < 4.78 is 1.35. The fourth-order valence-electron chi connectivity index (χ4n) is 0.930. The maximum Gasteiger partial charge on any atom is 0.333 e. The molecule has 0 saturated heterocycles. The second-order valence-electron chi connectivity index (χ2n) is 2.22. The van der Waals surface area contributed by atoms with Gasteiger partial charge in [-0.15, -0.1) is 0 Å². The van der Waals surface area contributed by atoms with Gasteiger partial charge < -0.3 is 0 Å². The average Bonchev–Trinajstić information content (AvgIpc) is 2.34. The van der Waals surface area contributed by atoms with Crippen molar-refractivity contribution in [2.45, 2.75) is 6.92 Å². The molecule has 56 valence electrons. The molecule has 0 spiro atoms. The van der Waals surface area contributed by atoms with E-state index in [0.717, 1.165) is 0 Å². The summed E-state index contributed by atoms with van der Waals surface area (Å²) in [4.78, 5) is 21.5. The van der Waals surface area contributed by atoms with E-state index in [1.165, 1.54) is 10.6 Å². The summed E-state index contributed by atoms with van der Waals surface area (Å²) in [7, 11) is 0.